The van der Waals surface area contributed by atoms with Gasteiger partial charge in [0.25, 0.3) is 5.91 Å². The van der Waals surface area contributed by atoms with Crippen LogP contribution in [0.2, 0.25) is 0 Å². The van der Waals surface area contributed by atoms with Crippen LogP contribution in [0, 0.1) is 0 Å². The predicted octanol–water partition coefficient (Wildman–Crippen LogP) is 4.19. The van der Waals surface area contributed by atoms with Gasteiger partial charge in [-0.3, -0.25) is 9.59 Å². The van der Waals surface area contributed by atoms with Gasteiger partial charge < -0.3 is 10.6 Å². The molecule has 0 unspecified atom stereocenters. The van der Waals surface area contributed by atoms with Gasteiger partial charge in [0, 0.05) is 18.5 Å². The van der Waals surface area contributed by atoms with Crippen molar-refractivity contribution in [3.8, 4) is 0 Å². The summed E-state index contributed by atoms with van der Waals surface area (Å²) in [5, 5.41) is 3.86. The molecular formula is C16H21F9N2O2. The van der Waals surface area contributed by atoms with Gasteiger partial charge in [0.1, 0.15) is 0 Å². The summed E-state index contributed by atoms with van der Waals surface area (Å²) in [5.74, 6) is -24.0. The summed E-state index contributed by atoms with van der Waals surface area (Å²) in [6.07, 6.45) is -4.76. The van der Waals surface area contributed by atoms with E-state index in [9.17, 15) is 49.1 Å². The number of carbonyl (C=O) groups is 2. The third-order valence-electron chi connectivity index (χ3n) is 4.62. The minimum Gasteiger partial charge on any atom is -0.351 e. The van der Waals surface area contributed by atoms with Gasteiger partial charge in [-0.05, 0) is 19.3 Å². The van der Waals surface area contributed by atoms with Gasteiger partial charge in [-0.25, -0.2) is 0 Å². The van der Waals surface area contributed by atoms with Crippen LogP contribution >= 0.6 is 0 Å². The van der Waals surface area contributed by atoms with Crippen LogP contribution in [0.25, 0.3) is 0 Å². The molecule has 0 aromatic heterocycles. The summed E-state index contributed by atoms with van der Waals surface area (Å²) in [6.45, 7) is 1.80. The molecule has 0 saturated heterocycles. The molecule has 2 N–H and O–H groups in total. The van der Waals surface area contributed by atoms with Gasteiger partial charge >= 0.3 is 23.9 Å². The highest BCUT2D eigenvalue weighted by Crippen LogP contribution is 2.53. The summed E-state index contributed by atoms with van der Waals surface area (Å²) in [5.41, 5.74) is 0. The Morgan fingerprint density at radius 2 is 1.31 bits per heavy atom. The summed E-state index contributed by atoms with van der Waals surface area (Å²) >= 11 is 0. The monoisotopic (exact) mass is 444 g/mol. The third kappa shape index (κ3) is 5.27. The maximum Gasteiger partial charge on any atom is 0.460 e. The lowest BCUT2D eigenvalue weighted by Crippen LogP contribution is -2.67. The van der Waals surface area contributed by atoms with E-state index in [2.05, 4.69) is 5.32 Å². The molecule has 1 aliphatic rings. The number of alkyl halides is 9. The summed E-state index contributed by atoms with van der Waals surface area (Å²) in [7, 11) is 0. The maximum atomic E-state index is 13.7. The van der Waals surface area contributed by atoms with E-state index in [1.807, 2.05) is 0 Å². The molecule has 0 aliphatic heterocycles. The predicted molar refractivity (Wildman–Crippen MR) is 82.8 cm³/mol. The molecule has 4 nitrogen and oxygen atoms in total. The number of hydrogen-bond donors (Lipinski definition) is 2. The van der Waals surface area contributed by atoms with Crippen LogP contribution in [0.5, 0.6) is 0 Å². The summed E-state index contributed by atoms with van der Waals surface area (Å²) in [4.78, 5) is 23.4. The highest BCUT2D eigenvalue weighted by atomic mass is 19.4. The van der Waals surface area contributed by atoms with Crippen molar-refractivity contribution in [1.29, 1.82) is 0 Å². The second kappa shape index (κ2) is 8.99. The Morgan fingerprint density at radius 1 is 0.828 bits per heavy atom. The van der Waals surface area contributed by atoms with E-state index in [-0.39, 0.29) is 19.3 Å². The molecule has 2 atom stereocenters. The van der Waals surface area contributed by atoms with Gasteiger partial charge in [0.05, 0.1) is 0 Å². The number of hydrogen-bond acceptors (Lipinski definition) is 2. The van der Waals surface area contributed by atoms with Crippen molar-refractivity contribution < 1.29 is 49.1 Å². The molecule has 1 rings (SSSR count). The van der Waals surface area contributed by atoms with Gasteiger partial charge in [-0.2, -0.15) is 39.5 Å². The highest BCUT2D eigenvalue weighted by molar-refractivity contribution is 5.85. The molecule has 1 fully saturated rings. The van der Waals surface area contributed by atoms with Crippen LogP contribution in [-0.4, -0.2) is 47.8 Å². The third-order valence-corrected chi connectivity index (χ3v) is 4.62. The zero-order valence-electron chi connectivity index (χ0n) is 15.3. The number of rotatable bonds is 8. The average molecular weight is 444 g/mol. The largest absolute Gasteiger partial charge is 0.460 e. The maximum absolute atomic E-state index is 13.7. The van der Waals surface area contributed by atoms with Crippen molar-refractivity contribution in [3.63, 3.8) is 0 Å². The zero-order chi connectivity index (χ0) is 22.7. The van der Waals surface area contributed by atoms with Crippen molar-refractivity contribution in [1.82, 2.24) is 10.6 Å². The average Bonchev–Trinajstić information content (AvgIpc) is 2.60. The first-order valence-corrected chi connectivity index (χ1v) is 8.90. The Balaban J connectivity index is 2.96. The van der Waals surface area contributed by atoms with E-state index in [1.165, 1.54) is 5.32 Å². The molecule has 0 aromatic carbocycles. The first kappa shape index (κ1) is 25.3. The van der Waals surface area contributed by atoms with Gasteiger partial charge in [0.15, 0.2) is 0 Å². The number of halogens is 9. The first-order valence-electron chi connectivity index (χ1n) is 8.90. The summed E-state index contributed by atoms with van der Waals surface area (Å²) < 4.78 is 116. The van der Waals surface area contributed by atoms with E-state index < -0.39 is 47.8 Å². The summed E-state index contributed by atoms with van der Waals surface area (Å²) in [6, 6.07) is -2.26. The van der Waals surface area contributed by atoms with Crippen molar-refractivity contribution >= 4 is 11.8 Å². The number of amides is 2. The molecule has 0 spiro atoms. The molecular weight excluding hydrogens is 423 g/mol. The number of carbonyl (C=O) groups excluding carboxylic acids is 2. The Bertz CT molecular complexity index is 593. The van der Waals surface area contributed by atoms with Gasteiger partial charge in [0.2, 0.25) is 5.91 Å². The molecule has 0 aromatic rings. The number of nitrogens with one attached hydrogen (secondary N) is 2. The minimum atomic E-state index is -7.14. The standard InChI is InChI=1S/C16H21F9N2O2/c1-2-3-8-11(28)26-9-6-4-5-7-10(9)27-12(29)13(17,18)14(19,20)15(21,22)16(23,24)25/h9-10H,2-8H2,1H3,(H,26,28)(H,27,29)/t9-,10-/m1/s1. The fraction of sp³-hybridized carbons (Fsp3) is 0.875. The van der Waals surface area contributed by atoms with Crippen LogP contribution in [0.1, 0.15) is 51.9 Å². The van der Waals surface area contributed by atoms with E-state index in [0.717, 1.165) is 0 Å². The Hall–Kier alpha value is -1.69. The van der Waals surface area contributed by atoms with Gasteiger partial charge in [-0.1, -0.05) is 26.2 Å². The second-order valence-corrected chi connectivity index (χ2v) is 6.86. The topological polar surface area (TPSA) is 58.2 Å². The van der Waals surface area contributed by atoms with Crippen molar-refractivity contribution in [2.45, 2.75) is 87.9 Å². The van der Waals surface area contributed by atoms with E-state index in [0.29, 0.717) is 25.7 Å². The second-order valence-electron chi connectivity index (χ2n) is 6.86. The van der Waals surface area contributed by atoms with Crippen molar-refractivity contribution in [3.05, 3.63) is 0 Å². The molecule has 13 heteroatoms. The van der Waals surface area contributed by atoms with Crippen LogP contribution in [0.3, 0.4) is 0 Å². The van der Waals surface area contributed by atoms with Crippen LogP contribution in [0.4, 0.5) is 39.5 Å². The Kier molecular flexibility index (Phi) is 7.85. The fourth-order valence-electron chi connectivity index (χ4n) is 2.87. The lowest BCUT2D eigenvalue weighted by molar-refractivity contribution is -0.388. The van der Waals surface area contributed by atoms with Crippen molar-refractivity contribution in [2.24, 2.45) is 0 Å². The quantitative estimate of drug-likeness (QED) is 0.552. The zero-order valence-corrected chi connectivity index (χ0v) is 15.3. The van der Waals surface area contributed by atoms with E-state index >= 15 is 0 Å². The van der Waals surface area contributed by atoms with E-state index in [4.69, 9.17) is 0 Å². The molecule has 0 radical (unpaired) electrons. The Morgan fingerprint density at radius 3 is 1.76 bits per heavy atom. The molecule has 29 heavy (non-hydrogen) atoms. The normalized spacial score (nSPS) is 21.6. The highest BCUT2D eigenvalue weighted by Gasteiger charge is 2.83. The molecule has 2 amide bonds. The first-order chi connectivity index (χ1) is 13.1. The van der Waals surface area contributed by atoms with Crippen LogP contribution in [0.15, 0.2) is 0 Å². The Labute approximate surface area is 160 Å². The SMILES string of the molecule is CCCCC(=O)N[C@@H]1CCCC[C@H]1NC(=O)C(F)(F)C(F)(F)C(F)(F)C(F)(F)F. The lowest BCUT2D eigenvalue weighted by atomic mass is 9.89. The molecule has 170 valence electrons. The fourth-order valence-corrected chi connectivity index (χ4v) is 2.87. The van der Waals surface area contributed by atoms with Crippen LogP contribution in [-0.2, 0) is 9.59 Å². The van der Waals surface area contributed by atoms with E-state index in [1.54, 1.807) is 6.92 Å². The lowest BCUT2D eigenvalue weighted by Gasteiger charge is -2.36. The molecule has 0 heterocycles. The molecule has 1 aliphatic carbocycles. The van der Waals surface area contributed by atoms with Gasteiger partial charge in [-0.15, -0.1) is 0 Å². The molecule has 0 bridgehead atoms. The van der Waals surface area contributed by atoms with Crippen LogP contribution < -0.4 is 10.6 Å². The van der Waals surface area contributed by atoms with Crippen molar-refractivity contribution in [2.75, 3.05) is 0 Å². The smallest absolute Gasteiger partial charge is 0.351 e. The minimum absolute atomic E-state index is 0.0538. The molecule has 1 saturated carbocycles. The number of unbranched alkanes of at least 4 members (excludes halogenated alkanes) is 1.